The highest BCUT2D eigenvalue weighted by molar-refractivity contribution is 5.86. The highest BCUT2D eigenvalue weighted by Crippen LogP contribution is 2.28. The van der Waals surface area contributed by atoms with Gasteiger partial charge in [0.15, 0.2) is 5.76 Å². The predicted molar refractivity (Wildman–Crippen MR) is 148 cm³/mol. The van der Waals surface area contributed by atoms with Gasteiger partial charge >= 0.3 is 0 Å². The molecule has 40 heavy (non-hydrogen) atoms. The van der Waals surface area contributed by atoms with Crippen LogP contribution in [0.5, 0.6) is 5.75 Å². The molecule has 2 heterocycles. The fraction of sp³-hybridized carbons (Fsp3) is 0.0333. The Labute approximate surface area is 225 Å². The van der Waals surface area contributed by atoms with Gasteiger partial charge in [0, 0.05) is 23.1 Å². The van der Waals surface area contributed by atoms with Crippen LogP contribution in [0.2, 0.25) is 0 Å². The molecule has 6 rings (SSSR count). The second-order valence-corrected chi connectivity index (χ2v) is 8.86. The van der Waals surface area contributed by atoms with Crippen LogP contribution in [0, 0.1) is 15.9 Å². The summed E-state index contributed by atoms with van der Waals surface area (Å²) in [5, 5.41) is 17.1. The molecule has 0 fully saturated rings. The molecule has 0 spiro atoms. The quantitative estimate of drug-likeness (QED) is 0.135. The van der Waals surface area contributed by atoms with Crippen molar-refractivity contribution in [3.8, 4) is 17.3 Å². The molecule has 196 valence electrons. The van der Waals surface area contributed by atoms with Gasteiger partial charge in [-0.25, -0.2) is 9.37 Å². The zero-order valence-corrected chi connectivity index (χ0v) is 20.7. The molecule has 0 atom stereocenters. The number of aromatic nitrogens is 2. The van der Waals surface area contributed by atoms with Crippen LogP contribution >= 0.6 is 0 Å². The Morgan fingerprint density at radius 2 is 1.77 bits per heavy atom. The lowest BCUT2D eigenvalue weighted by Crippen LogP contribution is -2.20. The molecular formula is C30H19FN4O5. The van der Waals surface area contributed by atoms with E-state index in [4.69, 9.17) is 9.15 Å². The van der Waals surface area contributed by atoms with Crippen molar-refractivity contribution >= 4 is 33.8 Å². The average molecular weight is 535 g/mol. The first-order valence-corrected chi connectivity index (χ1v) is 12.2. The maximum absolute atomic E-state index is 13.6. The van der Waals surface area contributed by atoms with Crippen molar-refractivity contribution in [2.24, 2.45) is 5.10 Å². The first-order chi connectivity index (χ1) is 19.5. The minimum absolute atomic E-state index is 0.0840. The summed E-state index contributed by atoms with van der Waals surface area (Å²) in [6.45, 7) is 0.0840. The Balaban J connectivity index is 1.46. The third kappa shape index (κ3) is 4.81. The number of hydrogen-bond acceptors (Lipinski definition) is 7. The Hall–Kier alpha value is -5.64. The monoisotopic (exact) mass is 534 g/mol. The van der Waals surface area contributed by atoms with Crippen LogP contribution in [-0.2, 0) is 6.61 Å². The van der Waals surface area contributed by atoms with E-state index in [0.717, 1.165) is 10.1 Å². The van der Waals surface area contributed by atoms with Gasteiger partial charge in [0.1, 0.15) is 23.8 Å². The van der Waals surface area contributed by atoms with E-state index in [9.17, 15) is 19.3 Å². The number of halogens is 1. The molecule has 4 aromatic carbocycles. The van der Waals surface area contributed by atoms with Crippen molar-refractivity contribution < 1.29 is 18.5 Å². The predicted octanol–water partition coefficient (Wildman–Crippen LogP) is 6.32. The van der Waals surface area contributed by atoms with Crippen LogP contribution in [0.1, 0.15) is 11.1 Å². The summed E-state index contributed by atoms with van der Waals surface area (Å²) in [7, 11) is 0. The molecule has 0 unspecified atom stereocenters. The van der Waals surface area contributed by atoms with E-state index in [1.165, 1.54) is 36.5 Å². The lowest BCUT2D eigenvalue weighted by atomic mass is 10.2. The summed E-state index contributed by atoms with van der Waals surface area (Å²) >= 11 is 0. The maximum Gasteiger partial charge on any atom is 0.282 e. The number of hydrogen-bond donors (Lipinski definition) is 0. The van der Waals surface area contributed by atoms with Gasteiger partial charge in [-0.15, -0.1) is 0 Å². The molecule has 2 aromatic heterocycles. The number of nitrogens with zero attached hydrogens (tertiary/aromatic N) is 4. The van der Waals surface area contributed by atoms with E-state index in [1.807, 2.05) is 18.2 Å². The molecule has 0 aliphatic rings. The van der Waals surface area contributed by atoms with Crippen molar-refractivity contribution in [1.29, 1.82) is 0 Å². The lowest BCUT2D eigenvalue weighted by molar-refractivity contribution is -0.384. The van der Waals surface area contributed by atoms with Gasteiger partial charge in [0.25, 0.3) is 11.2 Å². The van der Waals surface area contributed by atoms with Crippen LogP contribution < -0.4 is 10.3 Å². The van der Waals surface area contributed by atoms with E-state index in [0.29, 0.717) is 27.8 Å². The Morgan fingerprint density at radius 3 is 2.58 bits per heavy atom. The molecule has 10 heteroatoms. The first-order valence-electron chi connectivity index (χ1n) is 12.2. The number of ether oxygens (including phenoxy) is 1. The number of furan rings is 1. The number of fused-ring (bicyclic) bond motifs is 2. The van der Waals surface area contributed by atoms with Crippen molar-refractivity contribution in [2.75, 3.05) is 0 Å². The number of rotatable bonds is 7. The van der Waals surface area contributed by atoms with Crippen LogP contribution in [-0.4, -0.2) is 20.8 Å². The average Bonchev–Trinajstić information content (AvgIpc) is 3.41. The van der Waals surface area contributed by atoms with Gasteiger partial charge in [-0.05, 0) is 48.0 Å². The van der Waals surface area contributed by atoms with E-state index >= 15 is 0 Å². The topological polar surface area (TPSA) is 113 Å². The van der Waals surface area contributed by atoms with Crippen LogP contribution in [0.25, 0.3) is 33.5 Å². The molecule has 0 bridgehead atoms. The van der Waals surface area contributed by atoms with Crippen molar-refractivity contribution in [3.05, 3.63) is 134 Å². The second kappa shape index (κ2) is 10.3. The third-order valence-corrected chi connectivity index (χ3v) is 6.22. The minimum Gasteiger partial charge on any atom is -0.488 e. The number of nitro groups is 1. The zero-order chi connectivity index (χ0) is 27.6. The van der Waals surface area contributed by atoms with Gasteiger partial charge in [0.05, 0.1) is 22.0 Å². The summed E-state index contributed by atoms with van der Waals surface area (Å²) in [4.78, 5) is 29.2. The molecule has 0 saturated carbocycles. The number of non-ortho nitro benzene ring substituents is 1. The normalized spacial score (nSPS) is 11.4. The third-order valence-electron chi connectivity index (χ3n) is 6.22. The first kappa shape index (κ1) is 24.7. The smallest absolute Gasteiger partial charge is 0.282 e. The van der Waals surface area contributed by atoms with E-state index in [1.54, 1.807) is 48.5 Å². The molecule has 9 nitrogen and oxygen atoms in total. The van der Waals surface area contributed by atoms with Gasteiger partial charge in [-0.3, -0.25) is 14.9 Å². The molecule has 0 N–H and O–H groups in total. The fourth-order valence-electron chi connectivity index (χ4n) is 4.23. The summed E-state index contributed by atoms with van der Waals surface area (Å²) in [5.74, 6) is 0.399. The summed E-state index contributed by atoms with van der Waals surface area (Å²) in [6.07, 6.45) is 1.30. The van der Waals surface area contributed by atoms with Gasteiger partial charge in [-0.2, -0.15) is 9.78 Å². The van der Waals surface area contributed by atoms with Crippen LogP contribution in [0.4, 0.5) is 10.1 Å². The number of nitro benzene ring substituents is 1. The SMILES string of the molecule is O=c1c2ccccc2nc(-c2cc3ccccc3o2)n1N=Cc1cc([N+](=O)[O-])ccc1OCc1ccc(F)cc1. The molecule has 0 radical (unpaired) electrons. The van der Waals surface area contributed by atoms with Gasteiger partial charge < -0.3 is 9.15 Å². The highest BCUT2D eigenvalue weighted by Gasteiger charge is 2.17. The van der Waals surface area contributed by atoms with E-state index in [2.05, 4.69) is 10.1 Å². The minimum atomic E-state index is -0.537. The Kier molecular flexibility index (Phi) is 6.33. The molecule has 0 amide bonds. The maximum atomic E-state index is 13.6. The standard InChI is InChI=1S/C30H19FN4O5/c31-22-11-9-19(10-12-22)18-39-26-14-13-23(35(37)38)15-21(26)17-32-34-29(28-16-20-5-1-4-8-27(20)40-28)33-25-7-3-2-6-24(25)30(34)36/h1-17H,18H2. The molecule has 6 aromatic rings. The Bertz CT molecular complexity index is 1950. The van der Waals surface area contributed by atoms with Crippen molar-refractivity contribution in [3.63, 3.8) is 0 Å². The largest absolute Gasteiger partial charge is 0.488 e. The zero-order valence-electron chi connectivity index (χ0n) is 20.7. The van der Waals surface area contributed by atoms with Gasteiger partial charge in [0.2, 0.25) is 5.82 Å². The lowest BCUT2D eigenvalue weighted by Gasteiger charge is -2.10. The number of para-hydroxylation sites is 2. The van der Waals surface area contributed by atoms with E-state index < -0.39 is 10.5 Å². The fourth-order valence-corrected chi connectivity index (χ4v) is 4.23. The molecule has 0 aliphatic carbocycles. The van der Waals surface area contributed by atoms with Crippen LogP contribution in [0.3, 0.4) is 0 Å². The second-order valence-electron chi connectivity index (χ2n) is 8.86. The molecule has 0 aliphatic heterocycles. The van der Waals surface area contributed by atoms with Crippen molar-refractivity contribution in [1.82, 2.24) is 9.66 Å². The van der Waals surface area contributed by atoms with Crippen molar-refractivity contribution in [2.45, 2.75) is 6.61 Å². The summed E-state index contributed by atoms with van der Waals surface area (Å²) in [6, 6.07) is 25.9. The van der Waals surface area contributed by atoms with E-state index in [-0.39, 0.29) is 35.2 Å². The molecular weight excluding hydrogens is 515 g/mol. The highest BCUT2D eigenvalue weighted by atomic mass is 19.1. The Morgan fingerprint density at radius 1 is 1.00 bits per heavy atom. The summed E-state index contributed by atoms with van der Waals surface area (Å²) in [5.41, 5.74) is 1.41. The molecule has 0 saturated heterocycles. The summed E-state index contributed by atoms with van der Waals surface area (Å²) < 4.78 is 26.2. The van der Waals surface area contributed by atoms with Crippen LogP contribution in [0.15, 0.2) is 111 Å². The number of benzene rings is 4. The van der Waals surface area contributed by atoms with Gasteiger partial charge in [-0.1, -0.05) is 42.5 Å².